The summed E-state index contributed by atoms with van der Waals surface area (Å²) in [5, 5.41) is 0. The first-order valence-electron chi connectivity index (χ1n) is 7.48. The maximum atomic E-state index is 11.6. The number of carbonyl (C=O) groups is 3. The summed E-state index contributed by atoms with van der Waals surface area (Å²) in [4.78, 5) is 34.4. The molecule has 0 unspecified atom stereocenters. The summed E-state index contributed by atoms with van der Waals surface area (Å²) in [7, 11) is 0. The van der Waals surface area contributed by atoms with E-state index in [0.717, 1.165) is 0 Å². The molecule has 24 heavy (non-hydrogen) atoms. The summed E-state index contributed by atoms with van der Waals surface area (Å²) in [5.74, 6) is -0.675. The summed E-state index contributed by atoms with van der Waals surface area (Å²) in [6, 6.07) is 0. The van der Waals surface area contributed by atoms with Crippen molar-refractivity contribution in [2.24, 2.45) is 0 Å². The van der Waals surface area contributed by atoms with Gasteiger partial charge in [0.2, 0.25) is 0 Å². The minimum Gasteiger partial charge on any atom is -0.371 e. The molecule has 0 spiro atoms. The molecule has 0 bridgehead atoms. The zero-order valence-corrected chi connectivity index (χ0v) is 14.7. The first kappa shape index (κ1) is 22.1. The van der Waals surface area contributed by atoms with Gasteiger partial charge in [-0.15, -0.1) is 0 Å². The smallest absolute Gasteiger partial charge is 0.183 e. The predicted octanol–water partition coefficient (Wildman–Crippen LogP) is 1.84. The monoisotopic (exact) mass is 338 g/mol. The van der Waals surface area contributed by atoms with Crippen molar-refractivity contribution in [2.75, 3.05) is 33.0 Å². The highest BCUT2D eigenvalue weighted by molar-refractivity contribution is 5.95. The van der Waals surface area contributed by atoms with Crippen molar-refractivity contribution in [3.63, 3.8) is 0 Å². The van der Waals surface area contributed by atoms with Gasteiger partial charge in [-0.2, -0.15) is 0 Å². The van der Waals surface area contributed by atoms with Crippen LogP contribution in [0, 0.1) is 0 Å². The molecule has 0 rings (SSSR count). The molecule has 0 radical (unpaired) electrons. The van der Waals surface area contributed by atoms with Crippen molar-refractivity contribution in [2.45, 2.75) is 26.9 Å². The zero-order valence-electron chi connectivity index (χ0n) is 14.7. The van der Waals surface area contributed by atoms with Gasteiger partial charge in [0.25, 0.3) is 0 Å². The third-order valence-electron chi connectivity index (χ3n) is 2.95. The van der Waals surface area contributed by atoms with Gasteiger partial charge in [0.1, 0.15) is 25.9 Å². The standard InChI is InChI=1S/C18H26O6/c1-12(2)16(19)9-22-7-15(24-11-18(21)14(5)6)8-23-10-17(20)13(3)4/h15H,1,3,5,7-11H2,2,4,6H3. The number of ether oxygens (including phenoxy) is 3. The van der Waals surface area contributed by atoms with Gasteiger partial charge < -0.3 is 14.2 Å². The van der Waals surface area contributed by atoms with Crippen LogP contribution in [0.25, 0.3) is 0 Å². The second kappa shape index (κ2) is 11.6. The topological polar surface area (TPSA) is 78.9 Å². The Morgan fingerprint density at radius 1 is 0.708 bits per heavy atom. The lowest BCUT2D eigenvalue weighted by atomic mass is 10.2. The Balaban J connectivity index is 4.42. The second-order valence-electron chi connectivity index (χ2n) is 5.57. The number of Topliss-reactive ketones (excluding diaryl/α,β-unsaturated/α-hetero) is 3. The van der Waals surface area contributed by atoms with Crippen molar-refractivity contribution in [1.29, 1.82) is 0 Å². The molecule has 0 saturated carbocycles. The lowest BCUT2D eigenvalue weighted by Crippen LogP contribution is -2.30. The SMILES string of the molecule is C=C(C)C(=O)COCC(COCC(=O)C(=C)C)OCC(=O)C(=C)C. The van der Waals surface area contributed by atoms with Gasteiger partial charge in [-0.25, -0.2) is 0 Å². The Hall–Kier alpha value is -1.89. The Morgan fingerprint density at radius 3 is 1.38 bits per heavy atom. The van der Waals surface area contributed by atoms with E-state index in [4.69, 9.17) is 14.2 Å². The molecule has 0 aliphatic rings. The van der Waals surface area contributed by atoms with Gasteiger partial charge in [0.15, 0.2) is 17.3 Å². The van der Waals surface area contributed by atoms with E-state index in [1.807, 2.05) is 0 Å². The Kier molecular flexibility index (Phi) is 10.7. The fraction of sp³-hybridized carbons (Fsp3) is 0.500. The van der Waals surface area contributed by atoms with Gasteiger partial charge in [-0.1, -0.05) is 19.7 Å². The van der Waals surface area contributed by atoms with E-state index < -0.39 is 6.10 Å². The molecule has 0 atom stereocenters. The molecular weight excluding hydrogens is 312 g/mol. The van der Waals surface area contributed by atoms with E-state index in [2.05, 4.69) is 19.7 Å². The summed E-state index contributed by atoms with van der Waals surface area (Å²) in [6.07, 6.45) is -0.593. The summed E-state index contributed by atoms with van der Waals surface area (Å²) >= 11 is 0. The zero-order chi connectivity index (χ0) is 18.7. The van der Waals surface area contributed by atoms with Crippen molar-refractivity contribution < 1.29 is 28.6 Å². The normalized spacial score (nSPS) is 10.5. The van der Waals surface area contributed by atoms with Crippen LogP contribution in [0.5, 0.6) is 0 Å². The van der Waals surface area contributed by atoms with Gasteiger partial charge in [0, 0.05) is 0 Å². The molecule has 0 aromatic carbocycles. The van der Waals surface area contributed by atoms with Crippen molar-refractivity contribution in [3.8, 4) is 0 Å². The highest BCUT2D eigenvalue weighted by Crippen LogP contribution is 2.01. The summed E-state index contributed by atoms with van der Waals surface area (Å²) < 4.78 is 16.0. The molecule has 0 amide bonds. The maximum absolute atomic E-state index is 11.6. The van der Waals surface area contributed by atoms with Crippen LogP contribution in [0.1, 0.15) is 20.8 Å². The van der Waals surface area contributed by atoms with Gasteiger partial charge >= 0.3 is 0 Å². The van der Waals surface area contributed by atoms with E-state index in [9.17, 15) is 14.4 Å². The number of hydrogen-bond acceptors (Lipinski definition) is 6. The summed E-state index contributed by atoms with van der Waals surface area (Å²) in [5.41, 5.74) is 1.17. The third-order valence-corrected chi connectivity index (χ3v) is 2.95. The molecule has 0 aliphatic heterocycles. The molecule has 0 fully saturated rings. The van der Waals surface area contributed by atoms with E-state index >= 15 is 0 Å². The molecule has 134 valence electrons. The van der Waals surface area contributed by atoms with Crippen LogP contribution in [-0.2, 0) is 28.6 Å². The van der Waals surface area contributed by atoms with Crippen molar-refractivity contribution in [3.05, 3.63) is 36.5 Å². The number of hydrogen-bond donors (Lipinski definition) is 0. The Morgan fingerprint density at radius 2 is 1.04 bits per heavy atom. The molecule has 0 saturated heterocycles. The molecular formula is C18H26O6. The fourth-order valence-corrected chi connectivity index (χ4v) is 1.27. The van der Waals surface area contributed by atoms with E-state index in [1.165, 1.54) is 0 Å². The maximum Gasteiger partial charge on any atom is 0.183 e. The van der Waals surface area contributed by atoms with Gasteiger partial charge in [-0.3, -0.25) is 14.4 Å². The number of rotatable bonds is 14. The second-order valence-corrected chi connectivity index (χ2v) is 5.57. The number of carbonyl (C=O) groups excluding carboxylic acids is 3. The molecule has 0 N–H and O–H groups in total. The lowest BCUT2D eigenvalue weighted by molar-refractivity contribution is -0.131. The Bertz CT molecular complexity index is 486. The van der Waals surface area contributed by atoms with Gasteiger partial charge in [-0.05, 0) is 37.5 Å². The first-order valence-corrected chi connectivity index (χ1v) is 7.48. The number of ketones is 3. The highest BCUT2D eigenvalue weighted by atomic mass is 16.6. The minimum atomic E-state index is -0.593. The Labute approximate surface area is 143 Å². The van der Waals surface area contributed by atoms with Crippen molar-refractivity contribution >= 4 is 17.3 Å². The molecule has 0 heterocycles. The molecule has 0 aromatic heterocycles. The highest BCUT2D eigenvalue weighted by Gasteiger charge is 2.15. The van der Waals surface area contributed by atoms with Crippen LogP contribution in [-0.4, -0.2) is 56.5 Å². The quantitative estimate of drug-likeness (QED) is 0.450. The van der Waals surface area contributed by atoms with Crippen LogP contribution >= 0.6 is 0 Å². The molecule has 0 aromatic rings. The van der Waals surface area contributed by atoms with E-state index in [0.29, 0.717) is 16.7 Å². The van der Waals surface area contributed by atoms with E-state index in [1.54, 1.807) is 20.8 Å². The van der Waals surface area contributed by atoms with Crippen LogP contribution in [0.4, 0.5) is 0 Å². The summed E-state index contributed by atoms with van der Waals surface area (Å²) in [6.45, 7) is 15.0. The lowest BCUT2D eigenvalue weighted by Gasteiger charge is -2.18. The average molecular weight is 338 g/mol. The molecule has 6 nitrogen and oxygen atoms in total. The van der Waals surface area contributed by atoms with Crippen LogP contribution in [0.2, 0.25) is 0 Å². The molecule has 6 heteroatoms. The first-order chi connectivity index (χ1) is 11.1. The van der Waals surface area contributed by atoms with Crippen LogP contribution in [0.3, 0.4) is 0 Å². The minimum absolute atomic E-state index is 0.0454. The van der Waals surface area contributed by atoms with Crippen LogP contribution < -0.4 is 0 Å². The largest absolute Gasteiger partial charge is 0.371 e. The van der Waals surface area contributed by atoms with Crippen LogP contribution in [0.15, 0.2) is 36.5 Å². The van der Waals surface area contributed by atoms with Gasteiger partial charge in [0.05, 0.1) is 13.2 Å². The average Bonchev–Trinajstić information content (AvgIpc) is 2.50. The van der Waals surface area contributed by atoms with Crippen molar-refractivity contribution in [1.82, 2.24) is 0 Å². The van der Waals surface area contributed by atoms with E-state index in [-0.39, 0.29) is 50.4 Å². The predicted molar refractivity (Wildman–Crippen MR) is 90.8 cm³/mol. The third kappa shape index (κ3) is 9.99. The molecule has 0 aliphatic carbocycles. The fourth-order valence-electron chi connectivity index (χ4n) is 1.27.